The van der Waals surface area contributed by atoms with Crippen LogP contribution in [0.25, 0.3) is 5.65 Å². The van der Waals surface area contributed by atoms with Crippen molar-refractivity contribution >= 4 is 29.0 Å². The molecule has 0 atom stereocenters. The lowest BCUT2D eigenvalue weighted by molar-refractivity contribution is 0.251. The number of nitrogens with one attached hydrogen (secondary N) is 2. The summed E-state index contributed by atoms with van der Waals surface area (Å²) in [4.78, 5) is 22.6. The molecule has 0 aliphatic carbocycles. The van der Waals surface area contributed by atoms with Gasteiger partial charge in [0.15, 0.2) is 5.65 Å². The summed E-state index contributed by atoms with van der Waals surface area (Å²) in [5.41, 5.74) is 1.68. The first-order valence-corrected chi connectivity index (χ1v) is 7.92. The highest BCUT2D eigenvalue weighted by Gasteiger charge is 2.09. The van der Waals surface area contributed by atoms with E-state index in [4.69, 9.17) is 0 Å². The zero-order valence-corrected chi connectivity index (χ0v) is 13.7. The number of carbonyl (C=O) groups excluding carboxylic acids is 1. The minimum atomic E-state index is -0.356. The molecule has 0 aromatic carbocycles. The van der Waals surface area contributed by atoms with Crippen LogP contribution in [-0.4, -0.2) is 44.6 Å². The number of urea groups is 1. The van der Waals surface area contributed by atoms with E-state index in [1.54, 1.807) is 10.7 Å². The van der Waals surface area contributed by atoms with Crippen molar-refractivity contribution in [2.24, 2.45) is 0 Å². The Morgan fingerprint density at radius 2 is 2.22 bits per heavy atom. The van der Waals surface area contributed by atoms with E-state index in [1.807, 2.05) is 42.6 Å². The summed E-state index contributed by atoms with van der Waals surface area (Å²) in [6, 6.07) is 5.17. The third-order valence-corrected chi connectivity index (χ3v) is 3.84. The van der Waals surface area contributed by atoms with E-state index in [-0.39, 0.29) is 12.0 Å². The van der Waals surface area contributed by atoms with Gasteiger partial charge in [-0.3, -0.25) is 5.32 Å². The lowest BCUT2D eigenvalue weighted by Gasteiger charge is -2.05. The molecule has 0 saturated carbocycles. The molecule has 9 heteroatoms. The minimum Gasteiger partial charge on any atom is -0.331 e. The second-order valence-electron chi connectivity index (χ2n) is 5.22. The number of hydrogen-bond donors (Lipinski definition) is 2. The summed E-state index contributed by atoms with van der Waals surface area (Å²) in [5, 5.41) is 12.4. The average molecular weight is 331 g/mol. The molecular formula is C14H17N7OS. The summed E-state index contributed by atoms with van der Waals surface area (Å²) in [7, 11) is 3.99. The SMILES string of the molecule is CN(C)Cc1csc(CNC(=O)Nc2nc3ccccn3n2)n1. The van der Waals surface area contributed by atoms with Gasteiger partial charge < -0.3 is 10.2 Å². The van der Waals surface area contributed by atoms with Crippen LogP contribution in [0.3, 0.4) is 0 Å². The van der Waals surface area contributed by atoms with Gasteiger partial charge in [-0.25, -0.2) is 14.3 Å². The fraction of sp³-hybridized carbons (Fsp3) is 0.286. The highest BCUT2D eigenvalue weighted by Crippen LogP contribution is 2.11. The summed E-state index contributed by atoms with van der Waals surface area (Å²) >= 11 is 1.53. The van der Waals surface area contributed by atoms with Gasteiger partial charge in [-0.1, -0.05) is 6.07 Å². The van der Waals surface area contributed by atoms with Gasteiger partial charge >= 0.3 is 6.03 Å². The maximum Gasteiger partial charge on any atom is 0.322 e. The van der Waals surface area contributed by atoms with Crippen LogP contribution in [0.4, 0.5) is 10.7 Å². The van der Waals surface area contributed by atoms with Crippen LogP contribution in [-0.2, 0) is 13.1 Å². The van der Waals surface area contributed by atoms with Crippen molar-refractivity contribution in [1.29, 1.82) is 0 Å². The van der Waals surface area contributed by atoms with Gasteiger partial charge in [0.2, 0.25) is 0 Å². The van der Waals surface area contributed by atoms with Crippen LogP contribution in [0, 0.1) is 0 Å². The second-order valence-corrected chi connectivity index (χ2v) is 6.16. The first kappa shape index (κ1) is 15.4. The number of nitrogens with zero attached hydrogens (tertiary/aromatic N) is 5. The van der Waals surface area contributed by atoms with Crippen molar-refractivity contribution in [3.63, 3.8) is 0 Å². The van der Waals surface area contributed by atoms with Crippen LogP contribution < -0.4 is 10.6 Å². The fourth-order valence-electron chi connectivity index (χ4n) is 2.01. The smallest absolute Gasteiger partial charge is 0.322 e. The van der Waals surface area contributed by atoms with E-state index in [1.165, 1.54) is 11.3 Å². The standard InChI is InChI=1S/C14H17N7OS/c1-20(2)8-10-9-23-12(16-10)7-15-14(22)18-13-17-11-5-3-4-6-21(11)19-13/h3-6,9H,7-8H2,1-2H3,(H2,15,18,19,22). The van der Waals surface area contributed by atoms with E-state index >= 15 is 0 Å². The van der Waals surface area contributed by atoms with Crippen molar-refractivity contribution in [2.45, 2.75) is 13.1 Å². The monoisotopic (exact) mass is 331 g/mol. The summed E-state index contributed by atoms with van der Waals surface area (Å²) in [6.45, 7) is 1.16. The molecule has 0 aliphatic heterocycles. The number of amides is 2. The molecule has 120 valence electrons. The maximum absolute atomic E-state index is 11.9. The van der Waals surface area contributed by atoms with Crippen molar-refractivity contribution in [2.75, 3.05) is 19.4 Å². The van der Waals surface area contributed by atoms with Gasteiger partial charge in [0.05, 0.1) is 12.2 Å². The van der Waals surface area contributed by atoms with Gasteiger partial charge in [0.1, 0.15) is 5.01 Å². The van der Waals surface area contributed by atoms with Crippen molar-refractivity contribution < 1.29 is 4.79 Å². The van der Waals surface area contributed by atoms with Crippen LogP contribution >= 0.6 is 11.3 Å². The predicted octanol–water partition coefficient (Wildman–Crippen LogP) is 1.57. The Morgan fingerprint density at radius 3 is 3.00 bits per heavy atom. The van der Waals surface area contributed by atoms with Crippen molar-refractivity contribution in [3.05, 3.63) is 40.5 Å². The zero-order valence-electron chi connectivity index (χ0n) is 12.9. The fourth-order valence-corrected chi connectivity index (χ4v) is 2.74. The van der Waals surface area contributed by atoms with E-state index in [0.29, 0.717) is 12.2 Å². The molecule has 0 spiro atoms. The molecule has 0 aliphatic rings. The first-order chi connectivity index (χ1) is 11.1. The maximum atomic E-state index is 11.9. The number of thiazole rings is 1. The number of pyridine rings is 1. The summed E-state index contributed by atoms with van der Waals surface area (Å²) in [6.07, 6.45) is 1.77. The van der Waals surface area contributed by atoms with Gasteiger partial charge in [0.25, 0.3) is 5.95 Å². The Morgan fingerprint density at radius 1 is 1.35 bits per heavy atom. The van der Waals surface area contributed by atoms with Crippen LogP contribution in [0.5, 0.6) is 0 Å². The van der Waals surface area contributed by atoms with Gasteiger partial charge in [-0.2, -0.15) is 4.98 Å². The van der Waals surface area contributed by atoms with Gasteiger partial charge in [-0.05, 0) is 26.2 Å². The lowest BCUT2D eigenvalue weighted by atomic mass is 10.4. The zero-order chi connectivity index (χ0) is 16.2. The van der Waals surface area contributed by atoms with Crippen molar-refractivity contribution in [3.8, 4) is 0 Å². The molecule has 0 radical (unpaired) electrons. The largest absolute Gasteiger partial charge is 0.331 e. The predicted molar refractivity (Wildman–Crippen MR) is 88.4 cm³/mol. The number of fused-ring (bicyclic) bond motifs is 1. The molecule has 2 amide bonds. The van der Waals surface area contributed by atoms with E-state index in [2.05, 4.69) is 25.7 Å². The van der Waals surface area contributed by atoms with Crippen LogP contribution in [0.1, 0.15) is 10.7 Å². The van der Waals surface area contributed by atoms with Crippen LogP contribution in [0.15, 0.2) is 29.8 Å². The topological polar surface area (TPSA) is 87.5 Å². The molecule has 0 unspecified atom stereocenters. The molecular weight excluding hydrogens is 314 g/mol. The molecule has 0 bridgehead atoms. The highest BCUT2D eigenvalue weighted by molar-refractivity contribution is 7.09. The van der Waals surface area contributed by atoms with E-state index in [0.717, 1.165) is 17.2 Å². The molecule has 3 rings (SSSR count). The molecule has 3 aromatic rings. The quantitative estimate of drug-likeness (QED) is 0.741. The van der Waals surface area contributed by atoms with Crippen LogP contribution in [0.2, 0.25) is 0 Å². The Balaban J connectivity index is 1.54. The number of anilines is 1. The lowest BCUT2D eigenvalue weighted by Crippen LogP contribution is -2.28. The number of aromatic nitrogens is 4. The van der Waals surface area contributed by atoms with Gasteiger partial charge in [0, 0.05) is 18.1 Å². The minimum absolute atomic E-state index is 0.265. The average Bonchev–Trinajstić information content (AvgIpc) is 3.10. The Labute approximate surface area is 137 Å². The third kappa shape index (κ3) is 4.02. The number of carbonyl (C=O) groups is 1. The van der Waals surface area contributed by atoms with E-state index in [9.17, 15) is 4.79 Å². The second kappa shape index (κ2) is 6.71. The Hall–Kier alpha value is -2.52. The highest BCUT2D eigenvalue weighted by atomic mass is 32.1. The van der Waals surface area contributed by atoms with Gasteiger partial charge in [-0.15, -0.1) is 16.4 Å². The van der Waals surface area contributed by atoms with Crippen molar-refractivity contribution in [1.82, 2.24) is 29.8 Å². The number of rotatable bonds is 5. The number of hydrogen-bond acceptors (Lipinski definition) is 6. The third-order valence-electron chi connectivity index (χ3n) is 2.94. The Bertz CT molecular complexity index is 777. The molecule has 8 nitrogen and oxygen atoms in total. The molecule has 2 N–H and O–H groups in total. The summed E-state index contributed by atoms with van der Waals surface area (Å²) in [5.74, 6) is 0.265. The molecule has 0 fully saturated rings. The molecule has 0 saturated heterocycles. The Kier molecular flexibility index (Phi) is 4.49. The molecule has 3 heterocycles. The molecule has 23 heavy (non-hydrogen) atoms. The molecule has 3 aromatic heterocycles. The summed E-state index contributed by atoms with van der Waals surface area (Å²) < 4.78 is 1.60. The first-order valence-electron chi connectivity index (χ1n) is 7.04. The normalized spacial score (nSPS) is 11.1. The van der Waals surface area contributed by atoms with E-state index < -0.39 is 0 Å².